The summed E-state index contributed by atoms with van der Waals surface area (Å²) in [4.78, 5) is 14.1. The van der Waals surface area contributed by atoms with Crippen molar-refractivity contribution in [3.63, 3.8) is 0 Å². The minimum Gasteiger partial charge on any atom is -0.483 e. The molecule has 1 heterocycles. The second-order valence-electron chi connectivity index (χ2n) is 5.12. The maximum Gasteiger partial charge on any atom is 0.260 e. The van der Waals surface area contributed by atoms with Crippen LogP contribution in [0.15, 0.2) is 18.2 Å². The number of nitrogens with zero attached hydrogens (tertiary/aromatic N) is 1. The van der Waals surface area contributed by atoms with E-state index < -0.39 is 0 Å². The van der Waals surface area contributed by atoms with Gasteiger partial charge in [0.25, 0.3) is 5.91 Å². The number of benzene rings is 1. The maximum absolute atomic E-state index is 12.2. The number of carbonyl (C=O) groups is 1. The summed E-state index contributed by atoms with van der Waals surface area (Å²) in [5.41, 5.74) is 6.59. The third kappa shape index (κ3) is 4.50. The van der Waals surface area contributed by atoms with Gasteiger partial charge in [-0.1, -0.05) is 17.7 Å². The number of halogens is 2. The minimum absolute atomic E-state index is 0. The van der Waals surface area contributed by atoms with Gasteiger partial charge < -0.3 is 15.4 Å². The Bertz CT molecular complexity index is 483. The van der Waals surface area contributed by atoms with Crippen molar-refractivity contribution < 1.29 is 9.53 Å². The van der Waals surface area contributed by atoms with Crippen LogP contribution in [0.5, 0.6) is 5.75 Å². The van der Waals surface area contributed by atoms with Gasteiger partial charge in [-0.15, -0.1) is 12.4 Å². The fourth-order valence-electron chi connectivity index (χ4n) is 2.54. The molecule has 1 unspecified atom stereocenters. The monoisotopic (exact) mass is 332 g/mol. The third-order valence-corrected chi connectivity index (χ3v) is 4.20. The average molecular weight is 333 g/mol. The molecule has 1 amide bonds. The Balaban J connectivity index is 0.00000220. The number of likely N-dealkylation sites (tertiary alicyclic amines) is 1. The Morgan fingerprint density at radius 3 is 2.95 bits per heavy atom. The van der Waals surface area contributed by atoms with Crippen LogP contribution in [-0.2, 0) is 4.79 Å². The lowest BCUT2D eigenvalue weighted by Crippen LogP contribution is -2.49. The van der Waals surface area contributed by atoms with Crippen molar-refractivity contribution in [1.29, 1.82) is 0 Å². The summed E-state index contributed by atoms with van der Waals surface area (Å²) < 4.78 is 5.61. The second-order valence-corrected chi connectivity index (χ2v) is 5.53. The van der Waals surface area contributed by atoms with Gasteiger partial charge in [0.1, 0.15) is 5.75 Å². The molecule has 0 aliphatic carbocycles. The summed E-state index contributed by atoms with van der Waals surface area (Å²) in [5, 5.41) is 0.646. The first kappa shape index (κ1) is 18.1. The van der Waals surface area contributed by atoms with Crippen molar-refractivity contribution in [2.24, 2.45) is 5.73 Å². The normalized spacial score (nSPS) is 18.0. The molecule has 0 spiro atoms. The lowest BCUT2D eigenvalue weighted by atomic mass is 10.0. The number of ether oxygens (including phenoxy) is 1. The Hall–Kier alpha value is -0.970. The van der Waals surface area contributed by atoms with Crippen molar-refractivity contribution in [1.82, 2.24) is 4.90 Å². The lowest BCUT2D eigenvalue weighted by Gasteiger charge is -2.35. The zero-order valence-corrected chi connectivity index (χ0v) is 13.8. The molecule has 0 saturated carbocycles. The van der Waals surface area contributed by atoms with Gasteiger partial charge in [-0.2, -0.15) is 0 Å². The SMILES string of the molecule is Cc1c(Cl)cccc1OCC(=O)N1CCCCC1CN.Cl. The van der Waals surface area contributed by atoms with E-state index in [1.165, 1.54) is 0 Å². The fourth-order valence-corrected chi connectivity index (χ4v) is 2.71. The maximum atomic E-state index is 12.2. The van der Waals surface area contributed by atoms with E-state index in [0.29, 0.717) is 17.3 Å². The molecule has 0 radical (unpaired) electrons. The predicted octanol–water partition coefficient (Wildman–Crippen LogP) is 2.79. The Kier molecular flexibility index (Phi) is 7.29. The molecule has 1 saturated heterocycles. The molecular formula is C15H22Cl2N2O2. The number of rotatable bonds is 4. The summed E-state index contributed by atoms with van der Waals surface area (Å²) >= 11 is 6.03. The van der Waals surface area contributed by atoms with Crippen molar-refractivity contribution in [2.45, 2.75) is 32.2 Å². The highest BCUT2D eigenvalue weighted by Crippen LogP contribution is 2.25. The van der Waals surface area contributed by atoms with Crippen molar-refractivity contribution in [2.75, 3.05) is 19.7 Å². The smallest absolute Gasteiger partial charge is 0.260 e. The second kappa shape index (κ2) is 8.47. The van der Waals surface area contributed by atoms with Crippen LogP contribution in [0.4, 0.5) is 0 Å². The van der Waals surface area contributed by atoms with Crippen LogP contribution in [-0.4, -0.2) is 36.5 Å². The van der Waals surface area contributed by atoms with E-state index in [1.54, 1.807) is 6.07 Å². The molecule has 1 aromatic carbocycles. The van der Waals surface area contributed by atoms with Crippen LogP contribution >= 0.6 is 24.0 Å². The topological polar surface area (TPSA) is 55.6 Å². The van der Waals surface area contributed by atoms with Crippen LogP contribution in [0.2, 0.25) is 5.02 Å². The van der Waals surface area contributed by atoms with Gasteiger partial charge in [0, 0.05) is 29.7 Å². The summed E-state index contributed by atoms with van der Waals surface area (Å²) in [6, 6.07) is 5.60. The van der Waals surface area contributed by atoms with Crippen LogP contribution in [0.1, 0.15) is 24.8 Å². The van der Waals surface area contributed by atoms with Gasteiger partial charge in [-0.3, -0.25) is 4.79 Å². The zero-order valence-electron chi connectivity index (χ0n) is 12.2. The van der Waals surface area contributed by atoms with E-state index in [2.05, 4.69) is 0 Å². The van der Waals surface area contributed by atoms with Gasteiger partial charge in [-0.25, -0.2) is 0 Å². The standard InChI is InChI=1S/C15H21ClN2O2.ClH/c1-11-13(16)6-4-7-14(11)20-10-15(19)18-8-3-2-5-12(18)9-17;/h4,6-7,12H,2-3,5,8-10,17H2,1H3;1H. The summed E-state index contributed by atoms with van der Waals surface area (Å²) in [6.45, 7) is 3.21. The van der Waals surface area contributed by atoms with E-state index in [4.69, 9.17) is 22.1 Å². The Labute approximate surface area is 137 Å². The molecule has 6 heteroatoms. The predicted molar refractivity (Wildman–Crippen MR) is 87.3 cm³/mol. The lowest BCUT2D eigenvalue weighted by molar-refractivity contribution is -0.136. The Morgan fingerprint density at radius 2 is 2.24 bits per heavy atom. The quantitative estimate of drug-likeness (QED) is 0.922. The van der Waals surface area contributed by atoms with Crippen LogP contribution in [0.25, 0.3) is 0 Å². The highest BCUT2D eigenvalue weighted by atomic mass is 35.5. The summed E-state index contributed by atoms with van der Waals surface area (Å²) in [7, 11) is 0. The fraction of sp³-hybridized carbons (Fsp3) is 0.533. The first-order chi connectivity index (χ1) is 9.63. The van der Waals surface area contributed by atoms with E-state index in [-0.39, 0.29) is 31.0 Å². The van der Waals surface area contributed by atoms with Crippen LogP contribution in [0.3, 0.4) is 0 Å². The first-order valence-corrected chi connectivity index (χ1v) is 7.38. The molecule has 0 aromatic heterocycles. The molecular weight excluding hydrogens is 311 g/mol. The molecule has 4 nitrogen and oxygen atoms in total. The van der Waals surface area contributed by atoms with Crippen molar-refractivity contribution in [3.8, 4) is 5.75 Å². The number of nitrogens with two attached hydrogens (primary N) is 1. The largest absolute Gasteiger partial charge is 0.483 e. The highest BCUT2D eigenvalue weighted by molar-refractivity contribution is 6.31. The number of carbonyl (C=O) groups excluding carboxylic acids is 1. The molecule has 21 heavy (non-hydrogen) atoms. The summed E-state index contributed by atoms with van der Waals surface area (Å²) in [5.74, 6) is 0.659. The third-order valence-electron chi connectivity index (χ3n) is 3.79. The highest BCUT2D eigenvalue weighted by Gasteiger charge is 2.25. The number of piperidine rings is 1. The van der Waals surface area contributed by atoms with E-state index >= 15 is 0 Å². The zero-order chi connectivity index (χ0) is 14.5. The number of amides is 1. The first-order valence-electron chi connectivity index (χ1n) is 7.01. The molecule has 0 bridgehead atoms. The molecule has 2 N–H and O–H groups in total. The van der Waals surface area contributed by atoms with Gasteiger partial charge in [0.15, 0.2) is 6.61 Å². The van der Waals surface area contributed by atoms with Crippen LogP contribution in [0, 0.1) is 6.92 Å². The van der Waals surface area contributed by atoms with E-state index in [1.807, 2.05) is 24.0 Å². The Morgan fingerprint density at radius 1 is 1.48 bits per heavy atom. The van der Waals surface area contributed by atoms with E-state index in [9.17, 15) is 4.79 Å². The molecule has 118 valence electrons. The van der Waals surface area contributed by atoms with Crippen molar-refractivity contribution >= 4 is 29.9 Å². The molecule has 2 rings (SSSR count). The molecule has 1 atom stereocenters. The van der Waals surface area contributed by atoms with Gasteiger partial charge in [0.05, 0.1) is 0 Å². The number of hydrogen-bond acceptors (Lipinski definition) is 3. The molecule has 1 aromatic rings. The van der Waals surface area contributed by atoms with Crippen LogP contribution < -0.4 is 10.5 Å². The van der Waals surface area contributed by atoms with Crippen molar-refractivity contribution in [3.05, 3.63) is 28.8 Å². The molecule has 1 aliphatic heterocycles. The summed E-state index contributed by atoms with van der Waals surface area (Å²) in [6.07, 6.45) is 3.16. The average Bonchev–Trinajstić information content (AvgIpc) is 2.48. The van der Waals surface area contributed by atoms with Gasteiger partial charge in [0.2, 0.25) is 0 Å². The molecule has 1 fully saturated rings. The number of hydrogen-bond donors (Lipinski definition) is 1. The van der Waals surface area contributed by atoms with E-state index in [0.717, 1.165) is 31.4 Å². The molecule has 1 aliphatic rings. The van der Waals surface area contributed by atoms with Gasteiger partial charge >= 0.3 is 0 Å². The minimum atomic E-state index is -0.000439. The van der Waals surface area contributed by atoms with Gasteiger partial charge in [-0.05, 0) is 38.3 Å².